The predicted octanol–water partition coefficient (Wildman–Crippen LogP) is 2.25. The fourth-order valence-corrected chi connectivity index (χ4v) is 3.48. The molecule has 1 aromatic carbocycles. The van der Waals surface area contributed by atoms with E-state index in [0.29, 0.717) is 16.8 Å². The third-order valence-corrected chi connectivity index (χ3v) is 5.11. The summed E-state index contributed by atoms with van der Waals surface area (Å²) in [5.41, 5.74) is -1.75. The summed E-state index contributed by atoms with van der Waals surface area (Å²) in [6.07, 6.45) is -2.59. The predicted molar refractivity (Wildman–Crippen MR) is 111 cm³/mol. The third kappa shape index (κ3) is 4.38. The number of fused-ring (bicyclic) bond motifs is 1. The Hall–Kier alpha value is -4.10. The van der Waals surface area contributed by atoms with E-state index in [9.17, 15) is 31.5 Å². The molecule has 14 heteroatoms. The molecule has 0 radical (unpaired) electrons. The van der Waals surface area contributed by atoms with Crippen molar-refractivity contribution in [1.29, 1.82) is 10.8 Å². The Morgan fingerprint density at radius 3 is 2.50 bits per heavy atom. The van der Waals surface area contributed by atoms with Gasteiger partial charge in [0.15, 0.2) is 5.82 Å². The van der Waals surface area contributed by atoms with E-state index in [1.807, 2.05) is 0 Å². The normalized spacial score (nSPS) is 15.1. The SMILES string of the molecule is N=Cn1cc(NC(=O)Cn2nc(N3CC(F)(F)C3)c3cc(C(F)(F)F)ccc3c2=O)ccc1=N. The van der Waals surface area contributed by atoms with E-state index in [1.54, 1.807) is 0 Å². The first-order chi connectivity index (χ1) is 15.9. The number of nitrogens with zero attached hydrogens (tertiary/aromatic N) is 4. The number of alkyl halides is 5. The number of aromatic nitrogens is 3. The van der Waals surface area contributed by atoms with Crippen molar-refractivity contribution >= 4 is 34.5 Å². The number of carbonyl (C=O) groups excluding carboxylic acids is 1. The van der Waals surface area contributed by atoms with Gasteiger partial charge in [-0.05, 0) is 30.3 Å². The van der Waals surface area contributed by atoms with Crippen LogP contribution >= 0.6 is 0 Å². The number of carbonyl (C=O) groups is 1. The van der Waals surface area contributed by atoms with E-state index < -0.39 is 48.8 Å². The molecular weight excluding hydrogens is 465 g/mol. The number of rotatable bonds is 5. The van der Waals surface area contributed by atoms with E-state index >= 15 is 0 Å². The molecule has 1 amide bonds. The maximum Gasteiger partial charge on any atom is 0.416 e. The number of pyridine rings is 1. The smallest absolute Gasteiger partial charge is 0.342 e. The lowest BCUT2D eigenvalue weighted by atomic mass is 10.1. The van der Waals surface area contributed by atoms with Crippen LogP contribution in [0, 0.1) is 10.8 Å². The van der Waals surface area contributed by atoms with Crippen LogP contribution in [0.2, 0.25) is 0 Å². The molecule has 1 fully saturated rings. The Labute approximate surface area is 187 Å². The Bertz CT molecular complexity index is 1420. The first-order valence-corrected chi connectivity index (χ1v) is 9.70. The highest BCUT2D eigenvalue weighted by atomic mass is 19.4. The summed E-state index contributed by atoms with van der Waals surface area (Å²) >= 11 is 0. The Balaban J connectivity index is 1.72. The van der Waals surface area contributed by atoms with Crippen molar-refractivity contribution in [2.45, 2.75) is 18.6 Å². The number of benzene rings is 1. The highest BCUT2D eigenvalue weighted by Crippen LogP contribution is 2.36. The van der Waals surface area contributed by atoms with Gasteiger partial charge in [0.25, 0.3) is 11.5 Å². The standard InChI is InChI=1S/C20H16F5N7O2/c21-19(22)8-31(9-19)17-14-5-11(20(23,24)25)1-3-13(14)18(34)32(29-17)7-16(33)28-12-2-4-15(27)30(6-12)10-26/h1-6,10,26-27H,7-9H2,(H,28,33). The van der Waals surface area contributed by atoms with Crippen molar-refractivity contribution in [3.8, 4) is 0 Å². The van der Waals surface area contributed by atoms with Crippen molar-refractivity contribution in [2.75, 3.05) is 23.3 Å². The van der Waals surface area contributed by atoms with Gasteiger partial charge in [0.1, 0.15) is 12.0 Å². The van der Waals surface area contributed by atoms with Crippen LogP contribution in [0.25, 0.3) is 10.8 Å². The van der Waals surface area contributed by atoms with Crippen molar-refractivity contribution < 1.29 is 26.7 Å². The van der Waals surface area contributed by atoms with Gasteiger partial charge in [0.05, 0.1) is 36.1 Å². The van der Waals surface area contributed by atoms with Gasteiger partial charge in [0, 0.05) is 11.6 Å². The maximum absolute atomic E-state index is 13.5. The molecule has 0 saturated carbocycles. The van der Waals surface area contributed by atoms with Crippen LogP contribution in [0.1, 0.15) is 5.56 Å². The minimum absolute atomic E-state index is 0.0189. The topological polar surface area (TPSA) is 120 Å². The highest BCUT2D eigenvalue weighted by molar-refractivity contribution is 5.93. The summed E-state index contributed by atoms with van der Waals surface area (Å²) in [6.45, 7) is -2.24. The minimum Gasteiger partial charge on any atom is -0.342 e. The fraction of sp³-hybridized carbons (Fsp3) is 0.250. The number of anilines is 2. The molecule has 0 atom stereocenters. The van der Waals surface area contributed by atoms with Crippen LogP contribution in [-0.2, 0) is 17.5 Å². The summed E-state index contributed by atoms with van der Waals surface area (Å²) in [5.74, 6) is -4.06. The molecule has 4 rings (SSSR count). The van der Waals surface area contributed by atoms with Gasteiger partial charge in [0.2, 0.25) is 5.91 Å². The van der Waals surface area contributed by atoms with Crippen molar-refractivity contribution in [1.82, 2.24) is 14.3 Å². The molecular formula is C20H16F5N7O2. The zero-order valence-electron chi connectivity index (χ0n) is 17.2. The molecule has 0 unspecified atom stereocenters. The van der Waals surface area contributed by atoms with E-state index in [1.165, 1.54) is 18.3 Å². The van der Waals surface area contributed by atoms with Crippen molar-refractivity contribution in [3.05, 3.63) is 57.9 Å². The summed E-state index contributed by atoms with van der Waals surface area (Å²) in [5, 5.41) is 20.8. The second kappa shape index (κ2) is 8.04. The van der Waals surface area contributed by atoms with Crippen molar-refractivity contribution in [3.63, 3.8) is 0 Å². The van der Waals surface area contributed by atoms with Crippen LogP contribution in [0.4, 0.5) is 33.5 Å². The largest absolute Gasteiger partial charge is 0.416 e. The molecule has 0 aliphatic carbocycles. The average molecular weight is 481 g/mol. The summed E-state index contributed by atoms with van der Waals surface area (Å²) in [6, 6.07) is 5.02. The molecule has 3 N–H and O–H groups in total. The van der Waals surface area contributed by atoms with Crippen LogP contribution in [0.3, 0.4) is 0 Å². The van der Waals surface area contributed by atoms with Gasteiger partial charge in [-0.2, -0.15) is 18.3 Å². The van der Waals surface area contributed by atoms with Crippen LogP contribution in [0.5, 0.6) is 0 Å². The zero-order chi connectivity index (χ0) is 24.8. The van der Waals surface area contributed by atoms with Crippen LogP contribution in [-0.4, -0.2) is 45.6 Å². The van der Waals surface area contributed by atoms with Gasteiger partial charge in [-0.15, -0.1) is 0 Å². The minimum atomic E-state index is -4.72. The first-order valence-electron chi connectivity index (χ1n) is 9.70. The lowest BCUT2D eigenvalue weighted by Gasteiger charge is -2.40. The molecule has 34 heavy (non-hydrogen) atoms. The van der Waals surface area contributed by atoms with E-state index in [0.717, 1.165) is 21.9 Å². The second-order valence-electron chi connectivity index (χ2n) is 7.64. The van der Waals surface area contributed by atoms with E-state index in [2.05, 4.69) is 10.4 Å². The molecule has 3 heterocycles. The number of hydrogen-bond donors (Lipinski definition) is 3. The van der Waals surface area contributed by atoms with Gasteiger partial charge < -0.3 is 10.2 Å². The van der Waals surface area contributed by atoms with Crippen LogP contribution in [0.15, 0.2) is 41.3 Å². The third-order valence-electron chi connectivity index (χ3n) is 5.11. The quantitative estimate of drug-likeness (QED) is 0.294. The molecule has 0 spiro atoms. The summed E-state index contributed by atoms with van der Waals surface area (Å²) in [7, 11) is 0. The van der Waals surface area contributed by atoms with Gasteiger partial charge in [-0.1, -0.05) is 0 Å². The van der Waals surface area contributed by atoms with Gasteiger partial charge in [-0.3, -0.25) is 25.0 Å². The molecule has 1 aliphatic heterocycles. The van der Waals surface area contributed by atoms with Crippen molar-refractivity contribution in [2.24, 2.45) is 0 Å². The zero-order valence-corrected chi connectivity index (χ0v) is 17.2. The summed E-state index contributed by atoms with van der Waals surface area (Å²) in [4.78, 5) is 26.4. The van der Waals surface area contributed by atoms with E-state index in [-0.39, 0.29) is 27.8 Å². The van der Waals surface area contributed by atoms with E-state index in [4.69, 9.17) is 10.8 Å². The second-order valence-corrected chi connectivity index (χ2v) is 7.64. The molecule has 9 nitrogen and oxygen atoms in total. The number of amides is 1. The lowest BCUT2D eigenvalue weighted by Crippen LogP contribution is -2.57. The summed E-state index contributed by atoms with van der Waals surface area (Å²) < 4.78 is 68.3. The van der Waals surface area contributed by atoms with Gasteiger partial charge >= 0.3 is 6.18 Å². The van der Waals surface area contributed by atoms with Crippen LogP contribution < -0.4 is 21.3 Å². The molecule has 2 aromatic heterocycles. The average Bonchev–Trinajstić information content (AvgIpc) is 2.74. The maximum atomic E-state index is 13.5. The number of nitrogens with one attached hydrogen (secondary N) is 3. The monoisotopic (exact) mass is 481 g/mol. The lowest BCUT2D eigenvalue weighted by molar-refractivity contribution is -0.137. The molecule has 0 bridgehead atoms. The van der Waals surface area contributed by atoms with Gasteiger partial charge in [-0.25, -0.2) is 13.5 Å². The number of hydrogen-bond acceptors (Lipinski definition) is 6. The highest BCUT2D eigenvalue weighted by Gasteiger charge is 2.45. The number of halogens is 5. The Morgan fingerprint density at radius 2 is 1.88 bits per heavy atom. The fourth-order valence-electron chi connectivity index (χ4n) is 3.48. The first kappa shape index (κ1) is 23.1. The Morgan fingerprint density at radius 1 is 1.18 bits per heavy atom. The molecule has 3 aromatic rings. The molecule has 178 valence electrons. The molecule has 1 aliphatic rings. The Kier molecular flexibility index (Phi) is 5.45. The molecule has 1 saturated heterocycles.